The van der Waals surface area contributed by atoms with Crippen LogP contribution in [0.4, 0.5) is 0 Å². The van der Waals surface area contributed by atoms with Crippen molar-refractivity contribution in [1.82, 2.24) is 0 Å². The summed E-state index contributed by atoms with van der Waals surface area (Å²) in [5.74, 6) is 1.29. The number of aliphatic hydroxyl groups excluding tert-OH is 1. The quantitative estimate of drug-likeness (QED) is 0.584. The molecule has 21 heavy (non-hydrogen) atoms. The van der Waals surface area contributed by atoms with Gasteiger partial charge in [-0.05, 0) is 38.0 Å². The maximum atomic E-state index is 10.8. The van der Waals surface area contributed by atoms with E-state index in [-0.39, 0.29) is 18.5 Å². The van der Waals surface area contributed by atoms with Crippen LogP contribution in [0.1, 0.15) is 78.1 Å². The van der Waals surface area contributed by atoms with Crippen molar-refractivity contribution in [2.45, 2.75) is 84.2 Å². The number of ketones is 1. The van der Waals surface area contributed by atoms with Crippen molar-refractivity contribution in [2.75, 3.05) is 13.2 Å². The Kier molecular flexibility index (Phi) is 9.94. The summed E-state index contributed by atoms with van der Waals surface area (Å²) < 4.78 is 5.33. The molecule has 0 aromatic rings. The first-order valence-corrected chi connectivity index (χ1v) is 8.90. The Morgan fingerprint density at radius 1 is 1.19 bits per heavy atom. The first-order chi connectivity index (χ1) is 10.1. The van der Waals surface area contributed by atoms with Crippen LogP contribution in [0, 0.1) is 11.8 Å². The molecule has 3 nitrogen and oxygen atoms in total. The minimum Gasteiger partial charge on any atom is -0.393 e. The number of unbranched alkanes of at least 4 members (excludes halogenated alkanes) is 2. The van der Waals surface area contributed by atoms with Gasteiger partial charge >= 0.3 is 0 Å². The van der Waals surface area contributed by atoms with E-state index in [1.54, 1.807) is 6.92 Å². The molecule has 1 N–H and O–H groups in total. The van der Waals surface area contributed by atoms with Crippen molar-refractivity contribution in [3.8, 4) is 0 Å². The maximum absolute atomic E-state index is 10.8. The van der Waals surface area contributed by atoms with Gasteiger partial charge < -0.3 is 9.84 Å². The van der Waals surface area contributed by atoms with E-state index in [0.29, 0.717) is 18.4 Å². The van der Waals surface area contributed by atoms with Gasteiger partial charge in [-0.25, -0.2) is 0 Å². The summed E-state index contributed by atoms with van der Waals surface area (Å²) in [6, 6.07) is 0. The fraction of sp³-hybridized carbons (Fsp3) is 0.944. The predicted molar refractivity (Wildman–Crippen MR) is 86.3 cm³/mol. The van der Waals surface area contributed by atoms with Crippen LogP contribution >= 0.6 is 0 Å². The third kappa shape index (κ3) is 7.96. The van der Waals surface area contributed by atoms with Crippen LogP contribution in [0.5, 0.6) is 0 Å². The number of carbonyl (C=O) groups is 1. The highest BCUT2D eigenvalue weighted by molar-refractivity contribution is 5.76. The fourth-order valence-corrected chi connectivity index (χ4v) is 3.56. The summed E-state index contributed by atoms with van der Waals surface area (Å²) in [4.78, 5) is 10.8. The normalized spacial score (nSPS) is 24.0. The molecule has 1 saturated carbocycles. The highest BCUT2D eigenvalue weighted by Crippen LogP contribution is 2.35. The molecule has 1 aliphatic carbocycles. The molecule has 1 fully saturated rings. The van der Waals surface area contributed by atoms with Gasteiger partial charge in [-0.3, -0.25) is 4.79 Å². The molecule has 1 aliphatic rings. The first kappa shape index (κ1) is 18.6. The monoisotopic (exact) mass is 298 g/mol. The van der Waals surface area contributed by atoms with E-state index in [2.05, 4.69) is 6.92 Å². The van der Waals surface area contributed by atoms with Crippen LogP contribution in [0.3, 0.4) is 0 Å². The van der Waals surface area contributed by atoms with Crippen molar-refractivity contribution in [1.29, 1.82) is 0 Å². The molecule has 1 rings (SSSR count). The number of hydrogen-bond acceptors (Lipinski definition) is 3. The molecular weight excluding hydrogens is 264 g/mol. The van der Waals surface area contributed by atoms with Gasteiger partial charge in [-0.2, -0.15) is 0 Å². The van der Waals surface area contributed by atoms with Gasteiger partial charge in [0.05, 0.1) is 6.10 Å². The van der Waals surface area contributed by atoms with Crippen molar-refractivity contribution in [2.24, 2.45) is 11.8 Å². The molecular formula is C18H34O3. The van der Waals surface area contributed by atoms with E-state index < -0.39 is 0 Å². The zero-order valence-electron chi connectivity index (χ0n) is 14.0. The number of carbonyl (C=O) groups excluding carboxylic acids is 1. The highest BCUT2D eigenvalue weighted by atomic mass is 16.5. The minimum absolute atomic E-state index is 0.0745. The summed E-state index contributed by atoms with van der Waals surface area (Å²) >= 11 is 0. The zero-order chi connectivity index (χ0) is 15.5. The lowest BCUT2D eigenvalue weighted by atomic mass is 9.74. The van der Waals surface area contributed by atoms with Gasteiger partial charge in [0.15, 0.2) is 5.78 Å². The molecule has 3 heteroatoms. The zero-order valence-corrected chi connectivity index (χ0v) is 14.0. The summed E-state index contributed by atoms with van der Waals surface area (Å²) in [5, 5.41) is 10.3. The van der Waals surface area contributed by atoms with Crippen LogP contribution in [0.2, 0.25) is 0 Å². The average molecular weight is 298 g/mol. The van der Waals surface area contributed by atoms with Crippen molar-refractivity contribution in [3.05, 3.63) is 0 Å². The lowest BCUT2D eigenvalue weighted by molar-refractivity contribution is -0.121. The second kappa shape index (κ2) is 11.2. The third-order valence-electron chi connectivity index (χ3n) is 4.73. The lowest BCUT2D eigenvalue weighted by Crippen LogP contribution is -2.31. The van der Waals surface area contributed by atoms with Crippen molar-refractivity contribution < 1.29 is 14.6 Å². The molecule has 0 bridgehead atoms. The maximum Gasteiger partial charge on any atom is 0.155 e. The standard InChI is InChI=1S/C18H34O3/c1-3-4-9-16(17-11-5-6-12-18(17)20)10-7-8-13-21-14-15(2)19/h16-18,20H,3-14H2,1-2H3. The van der Waals surface area contributed by atoms with E-state index in [4.69, 9.17) is 4.74 Å². The Morgan fingerprint density at radius 3 is 2.57 bits per heavy atom. The van der Waals surface area contributed by atoms with Crippen molar-refractivity contribution >= 4 is 5.78 Å². The molecule has 0 aromatic carbocycles. The fourth-order valence-electron chi connectivity index (χ4n) is 3.56. The number of Topliss-reactive ketones (excluding diaryl/α,β-unsaturated/α-hetero) is 1. The van der Waals surface area contributed by atoms with Gasteiger partial charge in [0.25, 0.3) is 0 Å². The van der Waals surface area contributed by atoms with Gasteiger partial charge in [-0.1, -0.05) is 51.9 Å². The van der Waals surface area contributed by atoms with Gasteiger partial charge in [0, 0.05) is 6.61 Å². The molecule has 0 amide bonds. The van der Waals surface area contributed by atoms with Gasteiger partial charge in [0.1, 0.15) is 6.61 Å². The Bertz CT molecular complexity index is 278. The molecule has 0 radical (unpaired) electrons. The predicted octanol–water partition coefficient (Wildman–Crippen LogP) is 4.12. The highest BCUT2D eigenvalue weighted by Gasteiger charge is 2.29. The van der Waals surface area contributed by atoms with Crippen LogP contribution in [0.25, 0.3) is 0 Å². The third-order valence-corrected chi connectivity index (χ3v) is 4.73. The summed E-state index contributed by atoms with van der Waals surface area (Å²) in [6.07, 6.45) is 11.7. The summed E-state index contributed by atoms with van der Waals surface area (Å²) in [6.45, 7) is 4.74. The number of hydrogen-bond donors (Lipinski definition) is 1. The molecule has 124 valence electrons. The van der Waals surface area contributed by atoms with E-state index in [9.17, 15) is 9.90 Å². The SMILES string of the molecule is CCCCC(CCCCOCC(C)=O)C1CCCCC1O. The molecule has 0 spiro atoms. The Labute approximate surface area is 130 Å². The van der Waals surface area contributed by atoms with E-state index in [1.165, 1.54) is 44.9 Å². The largest absolute Gasteiger partial charge is 0.393 e. The molecule has 0 saturated heterocycles. The summed E-state index contributed by atoms with van der Waals surface area (Å²) in [5.41, 5.74) is 0. The number of aliphatic hydroxyl groups is 1. The minimum atomic E-state index is -0.0745. The van der Waals surface area contributed by atoms with Gasteiger partial charge in [0.2, 0.25) is 0 Å². The van der Waals surface area contributed by atoms with Crippen LogP contribution in [-0.4, -0.2) is 30.2 Å². The second-order valence-electron chi connectivity index (χ2n) is 6.67. The van der Waals surface area contributed by atoms with Crippen molar-refractivity contribution in [3.63, 3.8) is 0 Å². The van der Waals surface area contributed by atoms with Crippen LogP contribution < -0.4 is 0 Å². The van der Waals surface area contributed by atoms with Gasteiger partial charge in [-0.15, -0.1) is 0 Å². The van der Waals surface area contributed by atoms with Crippen LogP contribution in [-0.2, 0) is 9.53 Å². The molecule has 0 aromatic heterocycles. The van der Waals surface area contributed by atoms with E-state index >= 15 is 0 Å². The molecule has 3 atom stereocenters. The molecule has 0 heterocycles. The van der Waals surface area contributed by atoms with E-state index in [1.807, 2.05) is 0 Å². The average Bonchev–Trinajstić information content (AvgIpc) is 2.46. The smallest absolute Gasteiger partial charge is 0.155 e. The molecule has 0 aliphatic heterocycles. The summed E-state index contributed by atoms with van der Waals surface area (Å²) in [7, 11) is 0. The molecule has 3 unspecified atom stereocenters. The number of ether oxygens (including phenoxy) is 1. The Morgan fingerprint density at radius 2 is 1.90 bits per heavy atom. The Balaban J connectivity index is 2.27. The number of rotatable bonds is 11. The second-order valence-corrected chi connectivity index (χ2v) is 6.67. The van der Waals surface area contributed by atoms with Crippen LogP contribution in [0.15, 0.2) is 0 Å². The van der Waals surface area contributed by atoms with E-state index in [0.717, 1.165) is 19.3 Å². The Hall–Kier alpha value is -0.410. The lowest BCUT2D eigenvalue weighted by Gasteiger charge is -2.34. The topological polar surface area (TPSA) is 46.5 Å². The first-order valence-electron chi connectivity index (χ1n) is 8.90.